The molecule has 0 amide bonds. The van der Waals surface area contributed by atoms with E-state index >= 15 is 0 Å². The number of Topliss-reactive ketones (excluding diaryl/α,β-unsaturated/α-hetero) is 1. The van der Waals surface area contributed by atoms with Crippen LogP contribution in [0.15, 0.2) is 22.7 Å². The molecule has 0 fully saturated rings. The molecule has 0 saturated carbocycles. The molecular formula is C13H13BrO3. The van der Waals surface area contributed by atoms with Crippen molar-refractivity contribution in [2.45, 2.75) is 25.7 Å². The van der Waals surface area contributed by atoms with E-state index in [0.29, 0.717) is 13.0 Å². The van der Waals surface area contributed by atoms with E-state index in [9.17, 15) is 9.59 Å². The van der Waals surface area contributed by atoms with Crippen molar-refractivity contribution in [1.29, 1.82) is 0 Å². The average Bonchev–Trinajstić information content (AvgIpc) is 2.28. The monoisotopic (exact) mass is 296 g/mol. The Morgan fingerprint density at radius 3 is 3.00 bits per heavy atom. The second-order valence-corrected chi connectivity index (χ2v) is 5.11. The largest absolute Gasteiger partial charge is 0.465 e. The summed E-state index contributed by atoms with van der Waals surface area (Å²) >= 11 is 3.40. The van der Waals surface area contributed by atoms with Crippen molar-refractivity contribution in [1.82, 2.24) is 0 Å². The summed E-state index contributed by atoms with van der Waals surface area (Å²) in [5.74, 6) is 0.0223. The first-order valence-electron chi connectivity index (χ1n) is 5.54. The molecule has 0 aliphatic heterocycles. The van der Waals surface area contributed by atoms with Gasteiger partial charge in [-0.1, -0.05) is 22.0 Å². The SMILES string of the molecule is CC(=O)OCC1CCC(=O)c2ccc(Br)cc21. The number of esters is 1. The van der Waals surface area contributed by atoms with E-state index in [-0.39, 0.29) is 17.7 Å². The Hall–Kier alpha value is -1.16. The third-order valence-electron chi connectivity index (χ3n) is 2.96. The summed E-state index contributed by atoms with van der Waals surface area (Å²) in [5.41, 5.74) is 1.74. The van der Waals surface area contributed by atoms with Gasteiger partial charge in [0, 0.05) is 29.3 Å². The molecule has 1 aromatic carbocycles. The Labute approximate surface area is 108 Å². The minimum absolute atomic E-state index is 0.129. The third-order valence-corrected chi connectivity index (χ3v) is 3.45. The summed E-state index contributed by atoms with van der Waals surface area (Å²) in [5, 5.41) is 0. The van der Waals surface area contributed by atoms with Crippen LogP contribution in [0.2, 0.25) is 0 Å². The normalized spacial score (nSPS) is 18.7. The highest BCUT2D eigenvalue weighted by Gasteiger charge is 2.26. The molecule has 1 aliphatic carbocycles. The number of ether oxygens (including phenoxy) is 1. The summed E-state index contributed by atoms with van der Waals surface area (Å²) in [6, 6.07) is 5.65. The van der Waals surface area contributed by atoms with E-state index in [0.717, 1.165) is 22.0 Å². The van der Waals surface area contributed by atoms with E-state index in [1.165, 1.54) is 6.92 Å². The minimum atomic E-state index is -0.279. The molecule has 0 radical (unpaired) electrons. The molecule has 1 aliphatic rings. The topological polar surface area (TPSA) is 43.4 Å². The van der Waals surface area contributed by atoms with Crippen LogP contribution in [0.3, 0.4) is 0 Å². The summed E-state index contributed by atoms with van der Waals surface area (Å²) in [6.45, 7) is 1.75. The van der Waals surface area contributed by atoms with E-state index in [1.54, 1.807) is 0 Å². The fraction of sp³-hybridized carbons (Fsp3) is 0.385. The second-order valence-electron chi connectivity index (χ2n) is 4.19. The zero-order valence-electron chi connectivity index (χ0n) is 9.53. The van der Waals surface area contributed by atoms with Gasteiger partial charge in [-0.25, -0.2) is 0 Å². The van der Waals surface area contributed by atoms with Crippen LogP contribution in [0, 0.1) is 0 Å². The summed E-state index contributed by atoms with van der Waals surface area (Å²) < 4.78 is 5.99. The molecule has 0 aromatic heterocycles. The molecule has 1 atom stereocenters. The maximum absolute atomic E-state index is 11.8. The maximum atomic E-state index is 11.8. The Kier molecular flexibility index (Phi) is 3.62. The van der Waals surface area contributed by atoms with Gasteiger partial charge in [0.15, 0.2) is 5.78 Å². The van der Waals surface area contributed by atoms with Gasteiger partial charge < -0.3 is 4.74 Å². The predicted octanol–water partition coefficient (Wildman–Crippen LogP) is 3.07. The van der Waals surface area contributed by atoms with Gasteiger partial charge in [-0.05, 0) is 24.1 Å². The molecule has 0 N–H and O–H groups in total. The van der Waals surface area contributed by atoms with Crippen molar-refractivity contribution in [2.24, 2.45) is 0 Å². The number of benzene rings is 1. The molecule has 17 heavy (non-hydrogen) atoms. The lowest BCUT2D eigenvalue weighted by Gasteiger charge is -2.24. The molecule has 0 saturated heterocycles. The third kappa shape index (κ3) is 2.75. The van der Waals surface area contributed by atoms with Gasteiger partial charge in [0.05, 0.1) is 6.61 Å². The fourth-order valence-corrected chi connectivity index (χ4v) is 2.49. The molecule has 1 aromatic rings. The number of fused-ring (bicyclic) bond motifs is 1. The van der Waals surface area contributed by atoms with Crippen molar-refractivity contribution in [2.75, 3.05) is 6.61 Å². The molecule has 90 valence electrons. The lowest BCUT2D eigenvalue weighted by atomic mass is 9.82. The number of carbonyl (C=O) groups is 2. The highest BCUT2D eigenvalue weighted by molar-refractivity contribution is 9.10. The first kappa shape index (κ1) is 12.3. The molecular weight excluding hydrogens is 284 g/mol. The van der Waals surface area contributed by atoms with Crippen LogP contribution in [0.25, 0.3) is 0 Å². The van der Waals surface area contributed by atoms with Crippen molar-refractivity contribution >= 4 is 27.7 Å². The Bertz CT molecular complexity index is 468. The lowest BCUT2D eigenvalue weighted by molar-refractivity contribution is -0.141. The number of hydrogen-bond acceptors (Lipinski definition) is 3. The first-order valence-corrected chi connectivity index (χ1v) is 6.33. The van der Waals surface area contributed by atoms with Crippen LogP contribution < -0.4 is 0 Å². The first-order chi connectivity index (χ1) is 8.08. The van der Waals surface area contributed by atoms with E-state index in [1.807, 2.05) is 18.2 Å². The predicted molar refractivity (Wildman–Crippen MR) is 67.1 cm³/mol. The fourth-order valence-electron chi connectivity index (χ4n) is 2.11. The zero-order valence-corrected chi connectivity index (χ0v) is 11.1. The molecule has 3 nitrogen and oxygen atoms in total. The average molecular weight is 297 g/mol. The lowest BCUT2D eigenvalue weighted by Crippen LogP contribution is -2.20. The smallest absolute Gasteiger partial charge is 0.302 e. The van der Waals surface area contributed by atoms with Crippen LogP contribution in [-0.2, 0) is 9.53 Å². The molecule has 0 heterocycles. The Morgan fingerprint density at radius 2 is 2.29 bits per heavy atom. The molecule has 1 unspecified atom stereocenters. The highest BCUT2D eigenvalue weighted by Crippen LogP contribution is 2.33. The van der Waals surface area contributed by atoms with Crippen LogP contribution in [0.4, 0.5) is 0 Å². The van der Waals surface area contributed by atoms with Gasteiger partial charge >= 0.3 is 5.97 Å². The van der Waals surface area contributed by atoms with E-state index < -0.39 is 0 Å². The van der Waals surface area contributed by atoms with E-state index in [2.05, 4.69) is 15.9 Å². The summed E-state index contributed by atoms with van der Waals surface area (Å²) in [7, 11) is 0. The van der Waals surface area contributed by atoms with Crippen molar-refractivity contribution < 1.29 is 14.3 Å². The van der Waals surface area contributed by atoms with Crippen LogP contribution in [0.5, 0.6) is 0 Å². The van der Waals surface area contributed by atoms with Crippen molar-refractivity contribution in [3.05, 3.63) is 33.8 Å². The van der Waals surface area contributed by atoms with Crippen LogP contribution in [0.1, 0.15) is 41.6 Å². The van der Waals surface area contributed by atoms with Gasteiger partial charge in [-0.3, -0.25) is 9.59 Å². The number of ketones is 1. The number of halogens is 1. The Balaban J connectivity index is 2.27. The van der Waals surface area contributed by atoms with Gasteiger partial charge in [-0.15, -0.1) is 0 Å². The maximum Gasteiger partial charge on any atom is 0.302 e. The minimum Gasteiger partial charge on any atom is -0.465 e. The molecule has 0 bridgehead atoms. The standard InChI is InChI=1S/C13H13BrO3/c1-8(15)17-7-9-2-5-13(16)11-4-3-10(14)6-12(9)11/h3-4,6,9H,2,5,7H2,1H3. The number of rotatable bonds is 2. The van der Waals surface area contributed by atoms with Crippen molar-refractivity contribution in [3.8, 4) is 0 Å². The van der Waals surface area contributed by atoms with Crippen LogP contribution >= 0.6 is 15.9 Å². The van der Waals surface area contributed by atoms with Gasteiger partial charge in [0.25, 0.3) is 0 Å². The summed E-state index contributed by atoms with van der Waals surface area (Å²) in [4.78, 5) is 22.6. The van der Waals surface area contributed by atoms with Crippen LogP contribution in [-0.4, -0.2) is 18.4 Å². The summed E-state index contributed by atoms with van der Waals surface area (Å²) in [6.07, 6.45) is 1.27. The van der Waals surface area contributed by atoms with Gasteiger partial charge in [0.2, 0.25) is 0 Å². The van der Waals surface area contributed by atoms with Gasteiger partial charge in [0.1, 0.15) is 0 Å². The zero-order chi connectivity index (χ0) is 12.4. The Morgan fingerprint density at radius 1 is 1.53 bits per heavy atom. The second kappa shape index (κ2) is 5.00. The molecule has 0 spiro atoms. The van der Waals surface area contributed by atoms with E-state index in [4.69, 9.17) is 4.74 Å². The molecule has 4 heteroatoms. The van der Waals surface area contributed by atoms with Gasteiger partial charge in [-0.2, -0.15) is 0 Å². The molecule has 2 rings (SSSR count). The highest BCUT2D eigenvalue weighted by atomic mass is 79.9. The quantitative estimate of drug-likeness (QED) is 0.788. The number of hydrogen-bond donors (Lipinski definition) is 0. The van der Waals surface area contributed by atoms with Crippen molar-refractivity contribution in [3.63, 3.8) is 0 Å². The number of carbonyl (C=O) groups excluding carboxylic acids is 2.